The number of nitrogens with zero attached hydrogens (tertiary/aromatic N) is 3. The highest BCUT2D eigenvalue weighted by Gasteiger charge is 2.35. The number of hydrogen-bond acceptors (Lipinski definition) is 4. The molecule has 0 aromatic carbocycles. The van der Waals surface area contributed by atoms with Crippen molar-refractivity contribution in [3.8, 4) is 0 Å². The Hall–Kier alpha value is -1.40. The second kappa shape index (κ2) is 5.93. The van der Waals surface area contributed by atoms with Crippen LogP contribution in [-0.4, -0.2) is 52.4 Å². The summed E-state index contributed by atoms with van der Waals surface area (Å²) in [5.41, 5.74) is 6.82. The minimum Gasteiger partial charge on any atom is -0.377 e. The molecule has 0 saturated carbocycles. The van der Waals surface area contributed by atoms with Crippen LogP contribution in [0.25, 0.3) is 0 Å². The van der Waals surface area contributed by atoms with Crippen molar-refractivity contribution < 1.29 is 9.53 Å². The van der Waals surface area contributed by atoms with E-state index in [0.717, 1.165) is 18.7 Å². The summed E-state index contributed by atoms with van der Waals surface area (Å²) < 4.78 is 7.32. The first-order valence-electron chi connectivity index (χ1n) is 7.09. The van der Waals surface area contributed by atoms with Gasteiger partial charge in [-0.25, -0.2) is 0 Å². The highest BCUT2D eigenvalue weighted by molar-refractivity contribution is 5.95. The minimum absolute atomic E-state index is 0.0369. The summed E-state index contributed by atoms with van der Waals surface area (Å²) in [6.07, 6.45) is 2.53. The van der Waals surface area contributed by atoms with Gasteiger partial charge in [-0.15, -0.1) is 0 Å². The van der Waals surface area contributed by atoms with E-state index in [-0.39, 0.29) is 11.4 Å². The van der Waals surface area contributed by atoms with Gasteiger partial charge in [-0.05, 0) is 33.7 Å². The van der Waals surface area contributed by atoms with Gasteiger partial charge >= 0.3 is 0 Å². The Labute approximate surface area is 119 Å². The zero-order valence-electron chi connectivity index (χ0n) is 12.6. The molecule has 2 rings (SSSR count). The molecule has 1 aromatic rings. The van der Waals surface area contributed by atoms with Crippen LogP contribution in [0.1, 0.15) is 36.3 Å². The molecule has 6 heteroatoms. The first kappa shape index (κ1) is 15.0. The molecule has 2 N–H and O–H groups in total. The molecular formula is C14H24N4O2. The third kappa shape index (κ3) is 2.86. The maximum Gasteiger partial charge on any atom is 0.257 e. The number of carbonyl (C=O) groups is 1. The molecule has 0 unspecified atom stereocenters. The Kier molecular flexibility index (Phi) is 4.45. The van der Waals surface area contributed by atoms with Gasteiger partial charge in [-0.1, -0.05) is 0 Å². The molecule has 2 heterocycles. The summed E-state index contributed by atoms with van der Waals surface area (Å²) in [6.45, 7) is 9.15. The number of carbonyl (C=O) groups excluding carboxylic acids is 1. The van der Waals surface area contributed by atoms with Crippen LogP contribution < -0.4 is 5.73 Å². The topological polar surface area (TPSA) is 73.4 Å². The van der Waals surface area contributed by atoms with Crippen molar-refractivity contribution in [2.75, 3.05) is 26.3 Å². The first-order valence-corrected chi connectivity index (χ1v) is 7.09. The fraction of sp³-hybridized carbons (Fsp3) is 0.714. The Morgan fingerprint density at radius 1 is 1.55 bits per heavy atom. The van der Waals surface area contributed by atoms with Crippen molar-refractivity contribution in [2.45, 2.75) is 39.3 Å². The van der Waals surface area contributed by atoms with Crippen molar-refractivity contribution in [3.05, 3.63) is 17.5 Å². The predicted octanol–water partition coefficient (Wildman–Crippen LogP) is 0.791. The molecule has 1 amide bonds. The van der Waals surface area contributed by atoms with E-state index in [0.29, 0.717) is 31.9 Å². The first-order chi connectivity index (χ1) is 9.47. The lowest BCUT2D eigenvalue weighted by Crippen LogP contribution is -2.55. The minimum atomic E-state index is -0.277. The summed E-state index contributed by atoms with van der Waals surface area (Å²) in [6, 6.07) is 0. The van der Waals surface area contributed by atoms with Crippen LogP contribution in [0.2, 0.25) is 0 Å². The number of rotatable bonds is 4. The van der Waals surface area contributed by atoms with E-state index in [9.17, 15) is 4.79 Å². The lowest BCUT2D eigenvalue weighted by Gasteiger charge is -2.42. The Morgan fingerprint density at radius 2 is 2.30 bits per heavy atom. The van der Waals surface area contributed by atoms with Crippen molar-refractivity contribution in [1.82, 2.24) is 14.7 Å². The number of amides is 1. The lowest BCUT2D eigenvalue weighted by atomic mass is 10.0. The molecule has 1 aromatic heterocycles. The van der Waals surface area contributed by atoms with Gasteiger partial charge in [-0.3, -0.25) is 9.48 Å². The average molecular weight is 280 g/mol. The highest BCUT2D eigenvalue weighted by atomic mass is 16.5. The molecule has 0 bridgehead atoms. The van der Waals surface area contributed by atoms with Gasteiger partial charge < -0.3 is 15.4 Å². The van der Waals surface area contributed by atoms with Gasteiger partial charge in [0.1, 0.15) is 0 Å². The lowest BCUT2D eigenvalue weighted by molar-refractivity contribution is -0.0371. The fourth-order valence-corrected chi connectivity index (χ4v) is 2.50. The van der Waals surface area contributed by atoms with Gasteiger partial charge in [0.15, 0.2) is 0 Å². The van der Waals surface area contributed by atoms with E-state index in [4.69, 9.17) is 10.5 Å². The largest absolute Gasteiger partial charge is 0.377 e. The molecule has 0 aliphatic carbocycles. The number of ether oxygens (including phenoxy) is 1. The van der Waals surface area contributed by atoms with Gasteiger partial charge in [0, 0.05) is 18.8 Å². The number of nitrogens with two attached hydrogens (primary N) is 1. The van der Waals surface area contributed by atoms with Crippen molar-refractivity contribution >= 4 is 5.91 Å². The van der Waals surface area contributed by atoms with E-state index < -0.39 is 0 Å². The molecular weight excluding hydrogens is 256 g/mol. The maximum atomic E-state index is 12.7. The standard InChI is InChI=1S/C14H24N4O2/c1-11-12(9-16-18(11)6-4-5-15)13(19)17-7-8-20-10-14(17,2)3/h9H,4-8,10,15H2,1-3H3. The van der Waals surface area contributed by atoms with Crippen molar-refractivity contribution in [2.24, 2.45) is 5.73 Å². The van der Waals surface area contributed by atoms with Crippen LogP contribution in [0.5, 0.6) is 0 Å². The van der Waals surface area contributed by atoms with Gasteiger partial charge in [0.2, 0.25) is 0 Å². The number of morpholine rings is 1. The molecule has 20 heavy (non-hydrogen) atoms. The summed E-state index contributed by atoms with van der Waals surface area (Å²) >= 11 is 0. The average Bonchev–Trinajstić information content (AvgIpc) is 2.76. The third-order valence-corrected chi connectivity index (χ3v) is 3.80. The highest BCUT2D eigenvalue weighted by Crippen LogP contribution is 2.22. The zero-order chi connectivity index (χ0) is 14.8. The molecule has 1 fully saturated rings. The molecule has 0 atom stereocenters. The molecule has 0 radical (unpaired) electrons. The Balaban J connectivity index is 2.18. The number of hydrogen-bond donors (Lipinski definition) is 1. The SMILES string of the molecule is Cc1c(C(=O)N2CCOCC2(C)C)cnn1CCCN. The van der Waals surface area contributed by atoms with Gasteiger partial charge in [0.05, 0.1) is 30.5 Å². The molecule has 1 aliphatic heterocycles. The Bertz CT molecular complexity index is 482. The second-order valence-electron chi connectivity index (χ2n) is 5.83. The van der Waals surface area contributed by atoms with Crippen LogP contribution in [0.4, 0.5) is 0 Å². The molecule has 112 valence electrons. The summed E-state index contributed by atoms with van der Waals surface area (Å²) in [7, 11) is 0. The van der Waals surface area contributed by atoms with E-state index in [1.165, 1.54) is 0 Å². The van der Waals surface area contributed by atoms with Crippen molar-refractivity contribution in [1.29, 1.82) is 0 Å². The fourth-order valence-electron chi connectivity index (χ4n) is 2.50. The van der Waals surface area contributed by atoms with Crippen LogP contribution in [-0.2, 0) is 11.3 Å². The predicted molar refractivity (Wildman–Crippen MR) is 76.6 cm³/mol. The van der Waals surface area contributed by atoms with Gasteiger partial charge in [0.25, 0.3) is 5.91 Å². The second-order valence-corrected chi connectivity index (χ2v) is 5.83. The summed E-state index contributed by atoms with van der Waals surface area (Å²) in [4.78, 5) is 14.6. The van der Waals surface area contributed by atoms with E-state index in [1.54, 1.807) is 6.20 Å². The summed E-state index contributed by atoms with van der Waals surface area (Å²) in [5, 5.41) is 4.30. The number of aromatic nitrogens is 2. The third-order valence-electron chi connectivity index (χ3n) is 3.80. The van der Waals surface area contributed by atoms with Gasteiger partial charge in [-0.2, -0.15) is 5.10 Å². The molecule has 6 nitrogen and oxygen atoms in total. The van der Waals surface area contributed by atoms with Crippen LogP contribution in [0, 0.1) is 6.92 Å². The van der Waals surface area contributed by atoms with E-state index >= 15 is 0 Å². The molecule has 0 spiro atoms. The molecule has 1 saturated heterocycles. The molecule has 1 aliphatic rings. The maximum absolute atomic E-state index is 12.7. The normalized spacial score (nSPS) is 18.3. The van der Waals surface area contributed by atoms with Crippen molar-refractivity contribution in [3.63, 3.8) is 0 Å². The smallest absolute Gasteiger partial charge is 0.257 e. The van der Waals surface area contributed by atoms with Crippen LogP contribution in [0.15, 0.2) is 6.20 Å². The van der Waals surface area contributed by atoms with E-state index in [2.05, 4.69) is 5.10 Å². The quantitative estimate of drug-likeness (QED) is 0.885. The number of aryl methyl sites for hydroxylation is 1. The van der Waals surface area contributed by atoms with Crippen LogP contribution >= 0.6 is 0 Å². The van der Waals surface area contributed by atoms with E-state index in [1.807, 2.05) is 30.4 Å². The monoisotopic (exact) mass is 280 g/mol. The zero-order valence-corrected chi connectivity index (χ0v) is 12.6. The Morgan fingerprint density at radius 3 is 2.95 bits per heavy atom. The van der Waals surface area contributed by atoms with Crippen LogP contribution in [0.3, 0.4) is 0 Å². The summed E-state index contributed by atoms with van der Waals surface area (Å²) in [5.74, 6) is 0.0369.